The second-order valence-electron chi connectivity index (χ2n) is 14.2. The van der Waals surface area contributed by atoms with E-state index >= 15 is 4.39 Å². The maximum atomic E-state index is 16.6. The molecular weight excluding hydrogens is 673 g/mol. The van der Waals surface area contributed by atoms with Crippen LogP contribution in [0.25, 0.3) is 5.76 Å². The molecule has 0 amide bonds. The molecule has 10 nitrogen and oxygen atoms in total. The SMILES string of the molecule is CCCCOc1noc2c1C(=O)[C@@]1(O)C(=O)C3=C(O)c4c(c(F)c(CCNC(C)(C)C)c(Br)c4OCCCC)C[C@H]3C[C@H]1[C@@H]2N(C)C. The van der Waals surface area contributed by atoms with Gasteiger partial charge in [-0.3, -0.25) is 14.5 Å². The molecule has 1 aromatic carbocycles. The van der Waals surface area contributed by atoms with E-state index in [1.54, 1.807) is 19.0 Å². The maximum Gasteiger partial charge on any atom is 0.265 e. The first-order chi connectivity index (χ1) is 22.2. The van der Waals surface area contributed by atoms with Crippen LogP contribution in [0.2, 0.25) is 0 Å². The summed E-state index contributed by atoms with van der Waals surface area (Å²) < 4.78 is 34.6. The molecule has 4 atom stereocenters. The Bertz CT molecular complexity index is 1580. The Morgan fingerprint density at radius 2 is 1.77 bits per heavy atom. The number of Topliss-reactive ketones (excluding diaryl/α,β-unsaturated/α-hetero) is 2. The number of hydrogen-bond acceptors (Lipinski definition) is 10. The highest BCUT2D eigenvalue weighted by Crippen LogP contribution is 2.57. The topological polar surface area (TPSA) is 134 Å². The van der Waals surface area contributed by atoms with E-state index in [-0.39, 0.29) is 64.6 Å². The number of fused-ring (bicyclic) bond motifs is 4. The number of aromatic nitrogens is 1. The van der Waals surface area contributed by atoms with Crippen LogP contribution >= 0.6 is 15.9 Å². The van der Waals surface area contributed by atoms with Gasteiger partial charge in [0.2, 0.25) is 11.6 Å². The molecule has 0 bridgehead atoms. The summed E-state index contributed by atoms with van der Waals surface area (Å²) >= 11 is 3.57. The standard InChI is InChI=1S/C35H47BrFN3O7/c1-8-10-14-45-29-23-20(26(37)19(25(29)36)12-13-38-34(3,4)5)16-18-17-21-27(40(6)7)30-24(33(39-47-30)46-15-11-9-2)32(43)35(21,44)31(42)22(18)28(23)41/h18,21,27,38,41,44H,8-17H2,1-7H3/t18-,21-,27-,35-/m0/s1. The smallest absolute Gasteiger partial charge is 0.265 e. The molecule has 0 spiro atoms. The van der Waals surface area contributed by atoms with E-state index < -0.39 is 46.6 Å². The number of carbonyl (C=O) groups excluding carboxylic acids is 2. The number of nitrogens with zero attached hydrogens (tertiary/aromatic N) is 2. The van der Waals surface area contributed by atoms with E-state index in [1.807, 2.05) is 34.6 Å². The lowest BCUT2D eigenvalue weighted by atomic mass is 9.57. The lowest BCUT2D eigenvalue weighted by Gasteiger charge is -2.49. The molecule has 3 aliphatic rings. The van der Waals surface area contributed by atoms with Gasteiger partial charge in [0.25, 0.3) is 5.88 Å². The van der Waals surface area contributed by atoms with Gasteiger partial charge in [-0.25, -0.2) is 4.39 Å². The van der Waals surface area contributed by atoms with Gasteiger partial charge in [-0.15, -0.1) is 0 Å². The van der Waals surface area contributed by atoms with Crippen molar-refractivity contribution in [1.82, 2.24) is 15.4 Å². The first-order valence-corrected chi connectivity index (χ1v) is 17.4. The van der Waals surface area contributed by atoms with Crippen LogP contribution in [0.4, 0.5) is 4.39 Å². The summed E-state index contributed by atoms with van der Waals surface area (Å²) in [6.45, 7) is 11.2. The third-order valence-corrected chi connectivity index (χ3v) is 10.4. The predicted octanol–water partition coefficient (Wildman–Crippen LogP) is 6.13. The van der Waals surface area contributed by atoms with Gasteiger partial charge >= 0.3 is 0 Å². The molecule has 1 aromatic heterocycles. The number of rotatable bonds is 12. The Kier molecular flexibility index (Phi) is 10.3. The average molecular weight is 721 g/mol. The second kappa shape index (κ2) is 13.6. The molecule has 1 heterocycles. The maximum absolute atomic E-state index is 16.6. The Labute approximate surface area is 284 Å². The van der Waals surface area contributed by atoms with Gasteiger partial charge < -0.3 is 29.5 Å². The number of aliphatic hydroxyl groups excluding tert-OH is 1. The number of nitrogens with one attached hydrogen (secondary N) is 1. The van der Waals surface area contributed by atoms with Gasteiger partial charge in [-0.1, -0.05) is 26.7 Å². The Hall–Kier alpha value is -2.80. The van der Waals surface area contributed by atoms with E-state index in [2.05, 4.69) is 26.4 Å². The van der Waals surface area contributed by atoms with Crippen LogP contribution in [0.15, 0.2) is 14.6 Å². The summed E-state index contributed by atoms with van der Waals surface area (Å²) in [4.78, 5) is 30.5. The van der Waals surface area contributed by atoms with Crippen molar-refractivity contribution in [2.45, 2.75) is 96.7 Å². The number of ketones is 2. The summed E-state index contributed by atoms with van der Waals surface area (Å²) in [5, 5.41) is 31.6. The first-order valence-electron chi connectivity index (χ1n) is 16.6. The number of unbranched alkanes of at least 4 members (excludes halogenated alkanes) is 2. The minimum Gasteiger partial charge on any atom is -0.507 e. The number of ether oxygens (including phenoxy) is 2. The van der Waals surface area contributed by atoms with Gasteiger partial charge in [0.1, 0.15) is 22.9 Å². The van der Waals surface area contributed by atoms with Crippen LogP contribution in [0.1, 0.15) is 106 Å². The fourth-order valence-electron chi connectivity index (χ4n) is 7.18. The van der Waals surface area contributed by atoms with Crippen LogP contribution in [-0.2, 0) is 17.6 Å². The summed E-state index contributed by atoms with van der Waals surface area (Å²) in [6, 6.07) is -0.709. The molecular formula is C35H47BrFN3O7. The fourth-order valence-corrected chi connectivity index (χ4v) is 7.86. The van der Waals surface area contributed by atoms with E-state index in [0.717, 1.165) is 19.3 Å². The molecule has 3 N–H and O–H groups in total. The van der Waals surface area contributed by atoms with Crippen molar-refractivity contribution in [2.75, 3.05) is 33.9 Å². The van der Waals surface area contributed by atoms with Crippen LogP contribution in [0.5, 0.6) is 11.6 Å². The van der Waals surface area contributed by atoms with E-state index in [4.69, 9.17) is 14.0 Å². The summed E-state index contributed by atoms with van der Waals surface area (Å²) in [5.74, 6) is -3.92. The molecule has 3 aliphatic carbocycles. The molecule has 0 aliphatic heterocycles. The number of carbonyl (C=O) groups is 2. The molecule has 5 rings (SSSR count). The van der Waals surface area contributed by atoms with E-state index in [9.17, 15) is 19.8 Å². The molecule has 0 unspecified atom stereocenters. The molecule has 2 aromatic rings. The van der Waals surface area contributed by atoms with Gasteiger partial charge in [-0.05, 0) is 101 Å². The Morgan fingerprint density at radius 3 is 2.38 bits per heavy atom. The Balaban J connectivity index is 1.64. The average Bonchev–Trinajstić information content (AvgIpc) is 3.41. The van der Waals surface area contributed by atoms with Crippen molar-refractivity contribution in [3.63, 3.8) is 0 Å². The number of halogens is 2. The van der Waals surface area contributed by atoms with Gasteiger partial charge in [-0.2, -0.15) is 0 Å². The lowest BCUT2D eigenvalue weighted by molar-refractivity contribution is -0.142. The van der Waals surface area contributed by atoms with Crippen LogP contribution in [0.3, 0.4) is 0 Å². The number of benzene rings is 1. The zero-order valence-corrected chi connectivity index (χ0v) is 30.0. The van der Waals surface area contributed by atoms with E-state index in [1.165, 1.54) is 0 Å². The Morgan fingerprint density at radius 1 is 1.11 bits per heavy atom. The highest BCUT2D eigenvalue weighted by Gasteiger charge is 2.65. The molecule has 12 heteroatoms. The fraction of sp³-hybridized carbons (Fsp3) is 0.629. The third-order valence-electron chi connectivity index (χ3n) is 9.52. The lowest BCUT2D eigenvalue weighted by Crippen LogP contribution is -2.63. The predicted molar refractivity (Wildman–Crippen MR) is 178 cm³/mol. The summed E-state index contributed by atoms with van der Waals surface area (Å²) in [7, 11) is 3.53. The minimum atomic E-state index is -2.52. The third kappa shape index (κ3) is 6.15. The van der Waals surface area contributed by atoms with Crippen molar-refractivity contribution in [3.8, 4) is 11.6 Å². The van der Waals surface area contributed by atoms with E-state index in [0.29, 0.717) is 36.0 Å². The second-order valence-corrected chi connectivity index (χ2v) is 15.0. The van der Waals surface area contributed by atoms with Gasteiger partial charge in [0.15, 0.2) is 11.4 Å². The molecule has 1 fully saturated rings. The van der Waals surface area contributed by atoms with Crippen molar-refractivity contribution < 1.29 is 38.2 Å². The normalized spacial score (nSPS) is 23.9. The quantitative estimate of drug-likeness (QED) is 0.174. The number of hydrogen-bond donors (Lipinski definition) is 3. The zero-order chi connectivity index (χ0) is 34.4. The van der Waals surface area contributed by atoms with Crippen LogP contribution in [0, 0.1) is 17.7 Å². The van der Waals surface area contributed by atoms with Gasteiger partial charge in [0.05, 0.1) is 29.3 Å². The molecule has 0 radical (unpaired) electrons. The van der Waals surface area contributed by atoms with Crippen molar-refractivity contribution >= 4 is 33.3 Å². The van der Waals surface area contributed by atoms with Crippen LogP contribution < -0.4 is 14.8 Å². The monoisotopic (exact) mass is 719 g/mol. The van der Waals surface area contributed by atoms with Gasteiger partial charge in [0, 0.05) is 28.2 Å². The van der Waals surface area contributed by atoms with Crippen molar-refractivity contribution in [2.24, 2.45) is 11.8 Å². The summed E-state index contributed by atoms with van der Waals surface area (Å²) in [6.07, 6.45) is 3.71. The highest BCUT2D eigenvalue weighted by atomic mass is 79.9. The molecule has 258 valence electrons. The zero-order valence-electron chi connectivity index (χ0n) is 28.4. The number of aliphatic hydroxyl groups is 2. The highest BCUT2D eigenvalue weighted by molar-refractivity contribution is 9.10. The molecule has 47 heavy (non-hydrogen) atoms. The first kappa shape index (κ1) is 35.5. The van der Waals surface area contributed by atoms with Crippen molar-refractivity contribution in [1.29, 1.82) is 0 Å². The summed E-state index contributed by atoms with van der Waals surface area (Å²) in [5.41, 5.74) is -2.09. The molecule has 0 saturated heterocycles. The molecule has 1 saturated carbocycles. The largest absolute Gasteiger partial charge is 0.507 e. The minimum absolute atomic E-state index is 0.0625. The van der Waals surface area contributed by atoms with Crippen molar-refractivity contribution in [3.05, 3.63) is 43.9 Å². The van der Waals surface area contributed by atoms with Crippen LogP contribution in [-0.4, -0.2) is 76.8 Å².